The fourth-order valence-corrected chi connectivity index (χ4v) is 5.14. The second-order valence-electron chi connectivity index (χ2n) is 9.12. The second kappa shape index (κ2) is 9.48. The van der Waals surface area contributed by atoms with Gasteiger partial charge in [-0.2, -0.15) is 0 Å². The minimum Gasteiger partial charge on any atom is -0.459 e. The molecule has 4 aromatic rings. The first-order valence-electron chi connectivity index (χ1n) is 12.2. The molecule has 190 valence electrons. The van der Waals surface area contributed by atoms with Gasteiger partial charge < -0.3 is 19.1 Å². The number of hydrogen-bond acceptors (Lipinski definition) is 10. The lowest BCUT2D eigenvalue weighted by molar-refractivity contribution is -0.383. The number of carbonyl (C=O) groups excluding carboxylic acids is 1. The van der Waals surface area contributed by atoms with E-state index in [0.29, 0.717) is 45.1 Å². The maximum atomic E-state index is 12.6. The van der Waals surface area contributed by atoms with Gasteiger partial charge in [0.15, 0.2) is 5.76 Å². The zero-order valence-electron chi connectivity index (χ0n) is 20.0. The fourth-order valence-electron chi connectivity index (χ4n) is 5.14. The van der Waals surface area contributed by atoms with Crippen LogP contribution in [0.4, 0.5) is 17.3 Å². The summed E-state index contributed by atoms with van der Waals surface area (Å²) in [5, 5.41) is 20.8. The molecule has 1 amide bonds. The molecular formula is C24H25N9O4. The van der Waals surface area contributed by atoms with Crippen LogP contribution in [0.2, 0.25) is 0 Å². The van der Waals surface area contributed by atoms with Crippen molar-refractivity contribution >= 4 is 34.3 Å². The van der Waals surface area contributed by atoms with Crippen LogP contribution in [-0.2, 0) is 0 Å². The van der Waals surface area contributed by atoms with Gasteiger partial charge >= 0.3 is 5.69 Å². The van der Waals surface area contributed by atoms with Crippen LogP contribution >= 0.6 is 0 Å². The summed E-state index contributed by atoms with van der Waals surface area (Å²) in [6, 6.07) is 11.3. The molecule has 0 aliphatic carbocycles. The number of aromatic nitrogens is 5. The number of benzene rings is 1. The third-order valence-corrected chi connectivity index (χ3v) is 7.05. The van der Waals surface area contributed by atoms with Crippen LogP contribution in [-0.4, -0.2) is 80.0 Å². The van der Waals surface area contributed by atoms with Crippen molar-refractivity contribution in [3.63, 3.8) is 0 Å². The lowest BCUT2D eigenvalue weighted by atomic mass is 10.0. The minimum absolute atomic E-state index is 0.0991. The van der Waals surface area contributed by atoms with Gasteiger partial charge in [0.05, 0.1) is 22.7 Å². The Kier molecular flexibility index (Phi) is 5.87. The number of nitro groups is 1. The quantitative estimate of drug-likeness (QED) is 0.295. The number of nitrogens with zero attached hydrogens (tertiary/aromatic N) is 9. The van der Waals surface area contributed by atoms with E-state index in [1.165, 1.54) is 12.6 Å². The van der Waals surface area contributed by atoms with E-state index in [2.05, 4.69) is 20.3 Å². The van der Waals surface area contributed by atoms with Gasteiger partial charge in [0.2, 0.25) is 11.6 Å². The van der Waals surface area contributed by atoms with Gasteiger partial charge in [-0.3, -0.25) is 14.9 Å². The van der Waals surface area contributed by atoms with E-state index in [4.69, 9.17) is 4.42 Å². The van der Waals surface area contributed by atoms with Crippen LogP contribution in [0.5, 0.6) is 0 Å². The highest BCUT2D eigenvalue weighted by molar-refractivity contribution is 5.91. The number of para-hydroxylation sites is 1. The number of carbonyl (C=O) groups is 1. The molecule has 2 fully saturated rings. The summed E-state index contributed by atoms with van der Waals surface area (Å²) in [4.78, 5) is 38.5. The molecule has 0 atom stereocenters. The van der Waals surface area contributed by atoms with Crippen LogP contribution in [0, 0.1) is 10.1 Å². The Labute approximate surface area is 211 Å². The highest BCUT2D eigenvalue weighted by Crippen LogP contribution is 2.37. The van der Waals surface area contributed by atoms with Gasteiger partial charge in [-0.05, 0) is 37.1 Å². The number of fused-ring (bicyclic) bond motifs is 1. The molecule has 2 saturated heterocycles. The van der Waals surface area contributed by atoms with Crippen molar-refractivity contribution in [2.24, 2.45) is 0 Å². The zero-order valence-corrected chi connectivity index (χ0v) is 20.0. The molecule has 2 aliphatic heterocycles. The molecule has 0 spiro atoms. The summed E-state index contributed by atoms with van der Waals surface area (Å²) in [5.41, 5.74) is 1.74. The van der Waals surface area contributed by atoms with Crippen molar-refractivity contribution in [3.8, 4) is 0 Å². The van der Waals surface area contributed by atoms with Crippen molar-refractivity contribution < 1.29 is 14.1 Å². The number of rotatable bonds is 5. The van der Waals surface area contributed by atoms with Gasteiger partial charge in [-0.15, -0.1) is 5.10 Å². The molecular weight excluding hydrogens is 478 g/mol. The maximum absolute atomic E-state index is 12.6. The Morgan fingerprint density at radius 1 is 0.946 bits per heavy atom. The highest BCUT2D eigenvalue weighted by Gasteiger charge is 2.34. The molecule has 13 nitrogen and oxygen atoms in total. The highest BCUT2D eigenvalue weighted by atomic mass is 16.6. The van der Waals surface area contributed by atoms with E-state index in [0.717, 1.165) is 23.9 Å². The average Bonchev–Trinajstić information content (AvgIpc) is 3.63. The van der Waals surface area contributed by atoms with Crippen LogP contribution in [0.1, 0.15) is 29.4 Å². The Hall–Kier alpha value is -4.55. The monoisotopic (exact) mass is 503 g/mol. The second-order valence-corrected chi connectivity index (χ2v) is 9.12. The molecule has 5 heterocycles. The molecule has 6 rings (SSSR count). The first-order valence-corrected chi connectivity index (χ1v) is 12.2. The van der Waals surface area contributed by atoms with Crippen molar-refractivity contribution in [2.75, 3.05) is 49.1 Å². The van der Waals surface area contributed by atoms with Crippen LogP contribution in [0.3, 0.4) is 0 Å². The minimum atomic E-state index is -0.401. The molecule has 0 radical (unpaired) electrons. The predicted molar refractivity (Wildman–Crippen MR) is 134 cm³/mol. The predicted octanol–water partition coefficient (Wildman–Crippen LogP) is 2.53. The summed E-state index contributed by atoms with van der Waals surface area (Å²) in [5.74, 6) is 0.701. The third-order valence-electron chi connectivity index (χ3n) is 7.05. The number of furan rings is 1. The normalized spacial score (nSPS) is 16.9. The van der Waals surface area contributed by atoms with E-state index in [9.17, 15) is 14.9 Å². The van der Waals surface area contributed by atoms with Crippen molar-refractivity contribution in [1.29, 1.82) is 0 Å². The van der Waals surface area contributed by atoms with Gasteiger partial charge in [0, 0.05) is 39.3 Å². The Morgan fingerprint density at radius 3 is 2.32 bits per heavy atom. The third kappa shape index (κ3) is 4.21. The summed E-state index contributed by atoms with van der Waals surface area (Å²) in [7, 11) is 0. The Morgan fingerprint density at radius 2 is 1.65 bits per heavy atom. The summed E-state index contributed by atoms with van der Waals surface area (Å²) >= 11 is 0. The number of piperazine rings is 1. The number of hydrogen-bond donors (Lipinski definition) is 0. The fraction of sp³-hybridized carbons (Fsp3) is 0.375. The topological polar surface area (TPSA) is 140 Å². The van der Waals surface area contributed by atoms with Crippen molar-refractivity contribution in [1.82, 2.24) is 29.9 Å². The smallest absolute Gasteiger partial charge is 0.353 e. The first kappa shape index (κ1) is 22.9. The standard InChI is InChI=1S/C24H25N9O4/c34-24(20-6-3-15-37-20)31-13-11-30(12-14-31)23-21(33(35)36)22(25-16-26-23)29-9-7-17(8-10-29)32-19-5-2-1-4-18(19)27-28-32/h1-6,15-17H,7-14H2. The molecule has 3 aromatic heterocycles. The van der Waals surface area contributed by atoms with Crippen molar-refractivity contribution in [3.05, 3.63) is 64.9 Å². The molecule has 1 aromatic carbocycles. The summed E-state index contributed by atoms with van der Waals surface area (Å²) in [6.45, 7) is 2.86. The SMILES string of the molecule is O=C(c1ccco1)N1CCN(c2ncnc(N3CCC(n4nnc5ccccc54)CC3)c2[N+](=O)[O-])CC1. The van der Waals surface area contributed by atoms with Gasteiger partial charge in [0.1, 0.15) is 11.8 Å². The van der Waals surface area contributed by atoms with E-state index in [-0.39, 0.29) is 29.2 Å². The van der Waals surface area contributed by atoms with Crippen LogP contribution in [0.15, 0.2) is 53.4 Å². The molecule has 0 saturated carbocycles. The van der Waals surface area contributed by atoms with Crippen molar-refractivity contribution in [2.45, 2.75) is 18.9 Å². The van der Waals surface area contributed by atoms with E-state index in [1.807, 2.05) is 38.7 Å². The molecule has 2 aliphatic rings. The average molecular weight is 504 g/mol. The maximum Gasteiger partial charge on any atom is 0.353 e. The van der Waals surface area contributed by atoms with E-state index < -0.39 is 4.92 Å². The molecule has 37 heavy (non-hydrogen) atoms. The van der Waals surface area contributed by atoms with E-state index in [1.54, 1.807) is 17.0 Å². The van der Waals surface area contributed by atoms with Crippen LogP contribution < -0.4 is 9.80 Å². The molecule has 0 bridgehead atoms. The summed E-state index contributed by atoms with van der Waals surface area (Å²) in [6.07, 6.45) is 4.37. The largest absolute Gasteiger partial charge is 0.459 e. The number of anilines is 2. The van der Waals surface area contributed by atoms with Gasteiger partial charge in [-0.1, -0.05) is 17.3 Å². The number of amides is 1. The molecule has 0 N–H and O–H groups in total. The first-order chi connectivity index (χ1) is 18.1. The lowest BCUT2D eigenvalue weighted by Crippen LogP contribution is -2.49. The van der Waals surface area contributed by atoms with Gasteiger partial charge in [0.25, 0.3) is 5.91 Å². The van der Waals surface area contributed by atoms with Crippen LogP contribution in [0.25, 0.3) is 11.0 Å². The summed E-state index contributed by atoms with van der Waals surface area (Å²) < 4.78 is 7.17. The molecule has 13 heteroatoms. The zero-order chi connectivity index (χ0) is 25.4. The van der Waals surface area contributed by atoms with E-state index >= 15 is 0 Å². The Bertz CT molecular complexity index is 1420. The van der Waals surface area contributed by atoms with Gasteiger partial charge in [-0.25, -0.2) is 14.6 Å². The Balaban J connectivity index is 1.18. The number of piperidine rings is 1. The lowest BCUT2D eigenvalue weighted by Gasteiger charge is -2.36. The molecule has 0 unspecified atom stereocenters.